The first-order chi connectivity index (χ1) is 11.5. The van der Waals surface area contributed by atoms with Gasteiger partial charge in [0.15, 0.2) is 0 Å². The summed E-state index contributed by atoms with van der Waals surface area (Å²) in [4.78, 5) is 23.5. The minimum Gasteiger partial charge on any atom is -0.426 e. The van der Waals surface area contributed by atoms with Crippen molar-refractivity contribution >= 4 is 11.9 Å². The average Bonchev–Trinajstić information content (AvgIpc) is 2.53. The van der Waals surface area contributed by atoms with Crippen molar-refractivity contribution in [3.05, 3.63) is 71.8 Å². The van der Waals surface area contributed by atoms with Gasteiger partial charge in [0.1, 0.15) is 11.5 Å². The first-order valence-corrected chi connectivity index (χ1v) is 7.74. The molecule has 2 aromatic rings. The first-order valence-electron chi connectivity index (χ1n) is 7.74. The number of ether oxygens (including phenoxy) is 2. The van der Waals surface area contributed by atoms with Crippen molar-refractivity contribution in [1.82, 2.24) is 0 Å². The van der Waals surface area contributed by atoms with E-state index in [1.54, 1.807) is 18.2 Å². The van der Waals surface area contributed by atoms with Crippen molar-refractivity contribution < 1.29 is 19.1 Å². The predicted molar refractivity (Wildman–Crippen MR) is 91.9 cm³/mol. The summed E-state index contributed by atoms with van der Waals surface area (Å²) in [7, 11) is 0. The van der Waals surface area contributed by atoms with Crippen LogP contribution in [-0.4, -0.2) is 11.9 Å². The smallest absolute Gasteiger partial charge is 0.336 e. The van der Waals surface area contributed by atoms with E-state index in [0.717, 1.165) is 11.1 Å². The van der Waals surface area contributed by atoms with E-state index >= 15 is 0 Å². The van der Waals surface area contributed by atoms with Crippen LogP contribution in [-0.2, 0) is 16.0 Å². The van der Waals surface area contributed by atoms with Crippen LogP contribution in [0.3, 0.4) is 0 Å². The Morgan fingerprint density at radius 2 is 1.58 bits per heavy atom. The van der Waals surface area contributed by atoms with Gasteiger partial charge in [-0.25, -0.2) is 4.79 Å². The van der Waals surface area contributed by atoms with Crippen molar-refractivity contribution in [2.45, 2.75) is 26.7 Å². The van der Waals surface area contributed by atoms with Gasteiger partial charge in [-0.3, -0.25) is 4.79 Å². The van der Waals surface area contributed by atoms with Crippen LogP contribution in [0, 0.1) is 0 Å². The first kappa shape index (κ1) is 17.5. The highest BCUT2D eigenvalue weighted by molar-refractivity contribution is 5.84. The molecule has 2 rings (SSSR count). The zero-order valence-electron chi connectivity index (χ0n) is 13.8. The lowest BCUT2D eigenvalue weighted by molar-refractivity contribution is -0.134. The molecule has 0 amide bonds. The van der Waals surface area contributed by atoms with Crippen LogP contribution < -0.4 is 9.47 Å². The van der Waals surface area contributed by atoms with Gasteiger partial charge < -0.3 is 9.47 Å². The molecule has 0 radical (unpaired) electrons. The summed E-state index contributed by atoms with van der Waals surface area (Å²) < 4.78 is 10.5. The molecule has 2 aromatic carbocycles. The maximum Gasteiger partial charge on any atom is 0.336 e. The molecular weight excluding hydrogens is 304 g/mol. The van der Waals surface area contributed by atoms with Gasteiger partial charge in [0.2, 0.25) is 0 Å². The summed E-state index contributed by atoms with van der Waals surface area (Å²) in [6.07, 6.45) is 2.30. The fraction of sp³-hybridized carbons (Fsp3) is 0.200. The third-order valence-electron chi connectivity index (χ3n) is 3.12. The zero-order valence-corrected chi connectivity index (χ0v) is 13.8. The largest absolute Gasteiger partial charge is 0.426 e. The van der Waals surface area contributed by atoms with Gasteiger partial charge in [-0.1, -0.05) is 42.0 Å². The van der Waals surface area contributed by atoms with Crippen molar-refractivity contribution in [2.24, 2.45) is 0 Å². The Labute approximate surface area is 141 Å². The molecule has 0 heterocycles. The van der Waals surface area contributed by atoms with Crippen molar-refractivity contribution in [2.75, 3.05) is 0 Å². The Morgan fingerprint density at radius 3 is 2.25 bits per heavy atom. The van der Waals surface area contributed by atoms with Crippen molar-refractivity contribution in [3.63, 3.8) is 0 Å². The van der Waals surface area contributed by atoms with Gasteiger partial charge in [-0.15, -0.1) is 0 Å². The van der Waals surface area contributed by atoms with Crippen LogP contribution in [0.4, 0.5) is 0 Å². The summed E-state index contributed by atoms with van der Waals surface area (Å²) in [5, 5.41) is 0. The number of benzene rings is 2. The third kappa shape index (κ3) is 6.08. The normalized spacial score (nSPS) is 9.92. The molecule has 4 heteroatoms. The second-order valence-electron chi connectivity index (χ2n) is 5.58. The molecule has 124 valence electrons. The third-order valence-corrected chi connectivity index (χ3v) is 3.12. The molecule has 0 fully saturated rings. The molecule has 0 bridgehead atoms. The second-order valence-corrected chi connectivity index (χ2v) is 5.58. The summed E-state index contributed by atoms with van der Waals surface area (Å²) in [5.41, 5.74) is 1.93. The molecule has 0 N–H and O–H groups in total. The van der Waals surface area contributed by atoms with Crippen LogP contribution in [0.1, 0.15) is 25.8 Å². The van der Waals surface area contributed by atoms with Gasteiger partial charge in [-0.05, 0) is 38.0 Å². The molecule has 4 nitrogen and oxygen atoms in total. The van der Waals surface area contributed by atoms with Crippen LogP contribution in [0.25, 0.3) is 0 Å². The second kappa shape index (κ2) is 8.67. The molecular formula is C20H20O4. The number of allylic oxidation sites excluding steroid dienone is 1. The van der Waals surface area contributed by atoms with Crippen LogP contribution in [0.15, 0.2) is 66.2 Å². The maximum atomic E-state index is 11.9. The fourth-order valence-electron chi connectivity index (χ4n) is 2.06. The van der Waals surface area contributed by atoms with Gasteiger partial charge in [0, 0.05) is 18.6 Å². The van der Waals surface area contributed by atoms with Crippen molar-refractivity contribution in [3.8, 4) is 11.5 Å². The van der Waals surface area contributed by atoms with Gasteiger partial charge in [-0.2, -0.15) is 0 Å². The fourth-order valence-corrected chi connectivity index (χ4v) is 2.06. The van der Waals surface area contributed by atoms with E-state index in [-0.39, 0.29) is 12.4 Å². The topological polar surface area (TPSA) is 52.6 Å². The van der Waals surface area contributed by atoms with Crippen molar-refractivity contribution in [1.29, 1.82) is 0 Å². The molecule has 0 spiro atoms. The molecule has 0 aliphatic heterocycles. The minimum absolute atomic E-state index is 0.284. The lowest BCUT2D eigenvalue weighted by atomic mass is 10.1. The SMILES string of the molecule is CC(C)=CC(=O)Oc1cccc(OC(=O)CCc2ccccc2)c1. The van der Waals surface area contributed by atoms with E-state index < -0.39 is 5.97 Å². The Kier molecular flexibility index (Phi) is 6.32. The zero-order chi connectivity index (χ0) is 17.4. The molecule has 0 aromatic heterocycles. The Morgan fingerprint density at radius 1 is 0.917 bits per heavy atom. The highest BCUT2D eigenvalue weighted by atomic mass is 16.5. The van der Waals surface area contributed by atoms with E-state index in [1.807, 2.05) is 44.2 Å². The standard InChI is InChI=1S/C20H20O4/c1-15(2)13-20(22)24-18-10-6-9-17(14-18)23-19(21)12-11-16-7-4-3-5-8-16/h3-10,13-14H,11-12H2,1-2H3. The molecule has 0 atom stereocenters. The number of rotatable bonds is 6. The van der Waals surface area contributed by atoms with E-state index in [9.17, 15) is 9.59 Å². The van der Waals surface area contributed by atoms with Gasteiger partial charge in [0.05, 0.1) is 0 Å². The molecule has 0 saturated heterocycles. The summed E-state index contributed by atoms with van der Waals surface area (Å²) in [5.74, 6) is -0.0874. The Hall–Kier alpha value is -2.88. The number of hydrogen-bond donors (Lipinski definition) is 0. The lowest BCUT2D eigenvalue weighted by Gasteiger charge is -2.07. The van der Waals surface area contributed by atoms with Gasteiger partial charge in [0.25, 0.3) is 0 Å². The molecule has 0 aliphatic rings. The highest BCUT2D eigenvalue weighted by Gasteiger charge is 2.08. The predicted octanol–water partition coefficient (Wildman–Crippen LogP) is 4.10. The summed E-state index contributed by atoms with van der Waals surface area (Å²) in [6, 6.07) is 16.2. The monoisotopic (exact) mass is 324 g/mol. The quantitative estimate of drug-likeness (QED) is 0.456. The van der Waals surface area contributed by atoms with E-state index in [0.29, 0.717) is 17.9 Å². The van der Waals surface area contributed by atoms with E-state index in [4.69, 9.17) is 9.47 Å². The average molecular weight is 324 g/mol. The summed E-state index contributed by atoms with van der Waals surface area (Å²) >= 11 is 0. The molecule has 0 unspecified atom stereocenters. The number of hydrogen-bond acceptors (Lipinski definition) is 4. The van der Waals surface area contributed by atoms with E-state index in [2.05, 4.69) is 0 Å². The maximum absolute atomic E-state index is 11.9. The van der Waals surface area contributed by atoms with E-state index in [1.165, 1.54) is 12.1 Å². The number of aryl methyl sites for hydroxylation is 1. The molecule has 0 saturated carbocycles. The minimum atomic E-state index is -0.456. The van der Waals surface area contributed by atoms with Crippen LogP contribution in [0.5, 0.6) is 11.5 Å². The summed E-state index contributed by atoms with van der Waals surface area (Å²) in [6.45, 7) is 3.62. The van der Waals surface area contributed by atoms with Crippen LogP contribution in [0.2, 0.25) is 0 Å². The molecule has 24 heavy (non-hydrogen) atoms. The molecule has 0 aliphatic carbocycles. The number of carbonyl (C=O) groups is 2. The lowest BCUT2D eigenvalue weighted by Crippen LogP contribution is -2.09. The van der Waals surface area contributed by atoms with Gasteiger partial charge >= 0.3 is 11.9 Å². The highest BCUT2D eigenvalue weighted by Crippen LogP contribution is 2.20. The Bertz CT molecular complexity index is 728. The number of carbonyl (C=O) groups excluding carboxylic acids is 2. The Balaban J connectivity index is 1.90. The van der Waals surface area contributed by atoms with Crippen LogP contribution >= 0.6 is 0 Å². The number of esters is 2.